The molecule has 0 amide bonds. The molecular formula is C15H23NO. The van der Waals surface area contributed by atoms with Gasteiger partial charge in [-0.25, -0.2) is 0 Å². The lowest BCUT2D eigenvalue weighted by Crippen LogP contribution is -2.36. The zero-order valence-electron chi connectivity index (χ0n) is 10.9. The number of hydrogen-bond acceptors (Lipinski definition) is 2. The number of aliphatic hydroxyl groups is 1. The molecule has 0 bridgehead atoms. The Morgan fingerprint density at radius 3 is 2.53 bits per heavy atom. The van der Waals surface area contributed by atoms with Gasteiger partial charge in [0.05, 0.1) is 5.60 Å². The molecule has 1 aliphatic heterocycles. The zero-order chi connectivity index (χ0) is 12.3. The van der Waals surface area contributed by atoms with Crippen LogP contribution in [-0.4, -0.2) is 29.6 Å². The predicted octanol–water partition coefficient (Wildman–Crippen LogP) is 2.63. The van der Waals surface area contributed by atoms with Crippen LogP contribution >= 0.6 is 0 Å². The molecule has 2 rings (SSSR count). The highest BCUT2D eigenvalue weighted by molar-refractivity contribution is 5.23. The van der Waals surface area contributed by atoms with Crippen LogP contribution in [0.5, 0.6) is 0 Å². The maximum atomic E-state index is 11.0. The van der Waals surface area contributed by atoms with E-state index in [1.54, 1.807) is 0 Å². The van der Waals surface area contributed by atoms with Gasteiger partial charge < -0.3 is 10.0 Å². The van der Waals surface area contributed by atoms with Crippen molar-refractivity contribution in [3.05, 3.63) is 35.9 Å². The van der Waals surface area contributed by atoms with Crippen LogP contribution in [0.3, 0.4) is 0 Å². The molecule has 1 aromatic rings. The molecule has 1 saturated heterocycles. The Morgan fingerprint density at radius 2 is 2.00 bits per heavy atom. The molecule has 0 saturated carbocycles. The lowest BCUT2D eigenvalue weighted by atomic mass is 9.79. The molecule has 1 aliphatic rings. The highest BCUT2D eigenvalue weighted by Crippen LogP contribution is 2.38. The second-order valence-corrected chi connectivity index (χ2v) is 5.02. The van der Waals surface area contributed by atoms with Gasteiger partial charge >= 0.3 is 0 Å². The van der Waals surface area contributed by atoms with Crippen LogP contribution in [0.2, 0.25) is 0 Å². The third-order valence-corrected chi connectivity index (χ3v) is 4.21. The van der Waals surface area contributed by atoms with Crippen LogP contribution in [-0.2, 0) is 5.60 Å². The molecule has 2 atom stereocenters. The molecule has 0 unspecified atom stereocenters. The molecule has 1 aromatic carbocycles. The monoisotopic (exact) mass is 233 g/mol. The van der Waals surface area contributed by atoms with E-state index in [9.17, 15) is 5.11 Å². The molecule has 0 spiro atoms. The molecule has 1 N–H and O–H groups in total. The molecule has 0 aliphatic carbocycles. The molecule has 2 nitrogen and oxygen atoms in total. The van der Waals surface area contributed by atoms with Crippen molar-refractivity contribution in [3.8, 4) is 0 Å². The van der Waals surface area contributed by atoms with Gasteiger partial charge in [-0.2, -0.15) is 0 Å². The highest BCUT2D eigenvalue weighted by atomic mass is 16.3. The second-order valence-electron chi connectivity index (χ2n) is 5.02. The Labute approximate surface area is 104 Å². The van der Waals surface area contributed by atoms with E-state index >= 15 is 0 Å². The largest absolute Gasteiger partial charge is 0.385 e. The molecule has 94 valence electrons. The van der Waals surface area contributed by atoms with E-state index in [0.29, 0.717) is 5.92 Å². The second kappa shape index (κ2) is 5.19. The average Bonchev–Trinajstić information content (AvgIpc) is 2.88. The van der Waals surface area contributed by atoms with Gasteiger partial charge in [0.15, 0.2) is 0 Å². The minimum atomic E-state index is -0.648. The summed E-state index contributed by atoms with van der Waals surface area (Å²) in [5, 5.41) is 11.0. The number of nitrogens with zero attached hydrogens (tertiary/aromatic N) is 1. The van der Waals surface area contributed by atoms with E-state index in [0.717, 1.165) is 38.0 Å². The van der Waals surface area contributed by atoms with Crippen molar-refractivity contribution < 1.29 is 5.11 Å². The van der Waals surface area contributed by atoms with E-state index < -0.39 is 5.60 Å². The quantitative estimate of drug-likeness (QED) is 0.864. The van der Waals surface area contributed by atoms with Gasteiger partial charge in [0, 0.05) is 12.5 Å². The number of hydrogen-bond donors (Lipinski definition) is 1. The first-order valence-electron chi connectivity index (χ1n) is 6.71. The van der Waals surface area contributed by atoms with Crippen LogP contribution in [0.25, 0.3) is 0 Å². The minimum Gasteiger partial charge on any atom is -0.385 e. The van der Waals surface area contributed by atoms with Gasteiger partial charge in [-0.15, -0.1) is 0 Å². The lowest BCUT2D eigenvalue weighted by Gasteiger charge is -2.33. The molecule has 1 fully saturated rings. The van der Waals surface area contributed by atoms with Gasteiger partial charge in [0.1, 0.15) is 0 Å². The van der Waals surface area contributed by atoms with E-state index in [2.05, 4.69) is 30.9 Å². The van der Waals surface area contributed by atoms with E-state index in [-0.39, 0.29) is 0 Å². The first-order chi connectivity index (χ1) is 8.20. The van der Waals surface area contributed by atoms with Gasteiger partial charge in [-0.3, -0.25) is 0 Å². The maximum Gasteiger partial charge on any atom is 0.0934 e. The molecule has 1 heterocycles. The normalized spacial score (nSPS) is 24.8. The van der Waals surface area contributed by atoms with Crippen molar-refractivity contribution in [2.45, 2.75) is 32.3 Å². The lowest BCUT2D eigenvalue weighted by molar-refractivity contribution is -0.0240. The van der Waals surface area contributed by atoms with E-state index in [1.165, 1.54) is 0 Å². The van der Waals surface area contributed by atoms with Crippen LogP contribution in [0.15, 0.2) is 30.3 Å². The summed E-state index contributed by atoms with van der Waals surface area (Å²) >= 11 is 0. The summed E-state index contributed by atoms with van der Waals surface area (Å²) in [7, 11) is 0. The van der Waals surface area contributed by atoms with Crippen molar-refractivity contribution in [1.82, 2.24) is 4.90 Å². The Bertz CT molecular complexity index is 351. The fraction of sp³-hybridized carbons (Fsp3) is 0.600. The number of benzene rings is 1. The van der Waals surface area contributed by atoms with Crippen LogP contribution in [0, 0.1) is 5.92 Å². The first kappa shape index (κ1) is 12.6. The topological polar surface area (TPSA) is 23.5 Å². The van der Waals surface area contributed by atoms with E-state index in [4.69, 9.17) is 0 Å². The molecule has 0 radical (unpaired) electrons. The van der Waals surface area contributed by atoms with Gasteiger partial charge in [0.2, 0.25) is 0 Å². The summed E-state index contributed by atoms with van der Waals surface area (Å²) < 4.78 is 0. The predicted molar refractivity (Wildman–Crippen MR) is 70.9 cm³/mol. The minimum absolute atomic E-state index is 0.370. The fourth-order valence-corrected chi connectivity index (χ4v) is 2.96. The number of likely N-dealkylation sites (tertiary alicyclic amines) is 1. The Morgan fingerprint density at radius 1 is 1.29 bits per heavy atom. The third kappa shape index (κ3) is 2.38. The van der Waals surface area contributed by atoms with E-state index in [1.807, 2.05) is 18.2 Å². The summed E-state index contributed by atoms with van der Waals surface area (Å²) in [6.45, 7) is 7.51. The van der Waals surface area contributed by atoms with Crippen molar-refractivity contribution in [1.29, 1.82) is 0 Å². The fourth-order valence-electron chi connectivity index (χ4n) is 2.96. The van der Waals surface area contributed by atoms with Gasteiger partial charge in [0.25, 0.3) is 0 Å². The summed E-state index contributed by atoms with van der Waals surface area (Å²) in [6.07, 6.45) is 1.90. The molecule has 0 aromatic heterocycles. The highest BCUT2D eigenvalue weighted by Gasteiger charge is 2.40. The average molecular weight is 233 g/mol. The summed E-state index contributed by atoms with van der Waals surface area (Å²) in [6, 6.07) is 10.1. The Kier molecular flexibility index (Phi) is 3.85. The van der Waals surface area contributed by atoms with Crippen molar-refractivity contribution in [3.63, 3.8) is 0 Å². The van der Waals surface area contributed by atoms with Crippen LogP contribution < -0.4 is 0 Å². The molecular weight excluding hydrogens is 210 g/mol. The van der Waals surface area contributed by atoms with Crippen LogP contribution in [0.4, 0.5) is 0 Å². The smallest absolute Gasteiger partial charge is 0.0934 e. The third-order valence-electron chi connectivity index (χ3n) is 4.21. The van der Waals surface area contributed by atoms with Gasteiger partial charge in [-0.05, 0) is 31.5 Å². The molecule has 2 heteroatoms. The first-order valence-corrected chi connectivity index (χ1v) is 6.71. The Balaban J connectivity index is 2.20. The van der Waals surface area contributed by atoms with Crippen LogP contribution in [0.1, 0.15) is 32.3 Å². The standard InChI is InChI=1S/C15H23NO/c1-3-15(17,13-8-6-5-7-9-13)14-10-11-16(4-2)12-14/h5-9,14,17H,3-4,10-12H2,1-2H3/t14-,15+/m0/s1. The summed E-state index contributed by atoms with van der Waals surface area (Å²) in [5.41, 5.74) is 0.427. The maximum absolute atomic E-state index is 11.0. The summed E-state index contributed by atoms with van der Waals surface area (Å²) in [5.74, 6) is 0.370. The zero-order valence-corrected chi connectivity index (χ0v) is 10.9. The van der Waals surface area contributed by atoms with Crippen molar-refractivity contribution in [2.24, 2.45) is 5.92 Å². The van der Waals surface area contributed by atoms with Crippen molar-refractivity contribution in [2.75, 3.05) is 19.6 Å². The SMILES string of the molecule is CCN1CC[C@H]([C@@](O)(CC)c2ccccc2)C1. The number of rotatable bonds is 4. The van der Waals surface area contributed by atoms with Crippen molar-refractivity contribution >= 4 is 0 Å². The Hall–Kier alpha value is -0.860. The summed E-state index contributed by atoms with van der Waals surface area (Å²) in [4.78, 5) is 2.42. The molecule has 17 heavy (non-hydrogen) atoms. The van der Waals surface area contributed by atoms with Gasteiger partial charge in [-0.1, -0.05) is 44.2 Å².